The molecule has 0 unspecified atom stereocenters. The van der Waals surface area contributed by atoms with Gasteiger partial charge in [0.15, 0.2) is 9.84 Å². The summed E-state index contributed by atoms with van der Waals surface area (Å²) in [7, 11) is -3.37. The van der Waals surface area contributed by atoms with Crippen molar-refractivity contribution in [2.75, 3.05) is 17.7 Å². The molecule has 1 aliphatic rings. The molecular formula is C16H14Cl2N2O3S. The second kappa shape index (κ2) is 6.35. The quantitative estimate of drug-likeness (QED) is 0.795. The van der Waals surface area contributed by atoms with Crippen molar-refractivity contribution in [3.8, 4) is 0 Å². The largest absolute Gasteiger partial charge is 0.307 e. The van der Waals surface area contributed by atoms with E-state index >= 15 is 0 Å². The average molecular weight is 385 g/mol. The van der Waals surface area contributed by atoms with Gasteiger partial charge in [-0.25, -0.2) is 13.4 Å². The van der Waals surface area contributed by atoms with Gasteiger partial charge in [-0.1, -0.05) is 29.3 Å². The van der Waals surface area contributed by atoms with Crippen LogP contribution in [0.4, 0.5) is 5.69 Å². The van der Waals surface area contributed by atoms with Crippen LogP contribution < -0.4 is 4.90 Å². The molecule has 2 aromatic rings. The van der Waals surface area contributed by atoms with E-state index in [9.17, 15) is 13.2 Å². The lowest BCUT2D eigenvalue weighted by molar-refractivity contribution is 0.0980. The molecule has 0 aliphatic carbocycles. The van der Waals surface area contributed by atoms with Gasteiger partial charge in [-0.05, 0) is 36.6 Å². The highest BCUT2D eigenvalue weighted by atomic mass is 35.5. The summed E-state index contributed by atoms with van der Waals surface area (Å²) in [5, 5.41) is 0.508. The van der Waals surface area contributed by atoms with Crippen molar-refractivity contribution in [2.45, 2.75) is 17.7 Å². The van der Waals surface area contributed by atoms with E-state index in [2.05, 4.69) is 4.98 Å². The second-order valence-corrected chi connectivity index (χ2v) is 8.40. The average Bonchev–Trinajstić information content (AvgIpc) is 2.52. The number of nitrogens with zero attached hydrogens (tertiary/aromatic N) is 2. The van der Waals surface area contributed by atoms with Gasteiger partial charge in [-0.2, -0.15) is 0 Å². The number of pyridine rings is 1. The lowest BCUT2D eigenvalue weighted by atomic mass is 10.0. The molecule has 24 heavy (non-hydrogen) atoms. The summed E-state index contributed by atoms with van der Waals surface area (Å²) in [6.07, 6.45) is 3.79. The van der Waals surface area contributed by atoms with E-state index in [0.717, 1.165) is 0 Å². The van der Waals surface area contributed by atoms with E-state index in [1.54, 1.807) is 18.2 Å². The molecule has 0 spiro atoms. The molecule has 0 atom stereocenters. The molecule has 1 amide bonds. The Bertz CT molecular complexity index is 929. The van der Waals surface area contributed by atoms with E-state index in [-0.39, 0.29) is 21.5 Å². The molecule has 0 radical (unpaired) electrons. The molecule has 8 heteroatoms. The summed E-state index contributed by atoms with van der Waals surface area (Å²) in [6.45, 7) is 0.472. The number of sulfone groups is 1. The predicted molar refractivity (Wildman–Crippen MR) is 93.8 cm³/mol. The van der Waals surface area contributed by atoms with Crippen LogP contribution in [-0.2, 0) is 16.3 Å². The van der Waals surface area contributed by atoms with Crippen molar-refractivity contribution in [1.29, 1.82) is 0 Å². The molecule has 0 bridgehead atoms. The highest BCUT2D eigenvalue weighted by molar-refractivity contribution is 7.90. The molecule has 0 fully saturated rings. The van der Waals surface area contributed by atoms with Crippen LogP contribution in [0.2, 0.25) is 10.0 Å². The minimum Gasteiger partial charge on any atom is -0.307 e. The van der Waals surface area contributed by atoms with Crippen LogP contribution in [0.1, 0.15) is 22.5 Å². The van der Waals surface area contributed by atoms with Gasteiger partial charge in [0.05, 0.1) is 14.9 Å². The molecule has 2 heterocycles. The number of hydrogen-bond acceptors (Lipinski definition) is 4. The van der Waals surface area contributed by atoms with Gasteiger partial charge in [-0.3, -0.25) is 4.79 Å². The third kappa shape index (κ3) is 3.14. The summed E-state index contributed by atoms with van der Waals surface area (Å²) < 4.78 is 24.0. The highest BCUT2D eigenvalue weighted by Gasteiger charge is 2.29. The SMILES string of the molecule is CS(=O)(=O)c1cccc2c1CCCN2C(=O)c1ncc(Cl)cc1Cl. The first-order valence-corrected chi connectivity index (χ1v) is 9.88. The Hall–Kier alpha value is -1.63. The van der Waals surface area contributed by atoms with Crippen molar-refractivity contribution in [3.63, 3.8) is 0 Å². The number of amides is 1. The molecule has 3 rings (SSSR count). The zero-order valence-corrected chi connectivity index (χ0v) is 15.1. The molecule has 1 aromatic carbocycles. The van der Waals surface area contributed by atoms with Crippen molar-refractivity contribution in [3.05, 3.63) is 51.8 Å². The number of rotatable bonds is 2. The fourth-order valence-electron chi connectivity index (χ4n) is 2.85. The lowest BCUT2D eigenvalue weighted by Crippen LogP contribution is -2.36. The third-order valence-electron chi connectivity index (χ3n) is 3.86. The van der Waals surface area contributed by atoms with E-state index in [1.165, 1.54) is 23.4 Å². The fourth-order valence-corrected chi connectivity index (χ4v) is 4.29. The predicted octanol–water partition coefficient (Wildman–Crippen LogP) is 3.38. The van der Waals surface area contributed by atoms with Crippen molar-refractivity contribution < 1.29 is 13.2 Å². The van der Waals surface area contributed by atoms with Gasteiger partial charge < -0.3 is 4.90 Å². The normalized spacial score (nSPS) is 14.4. The number of aromatic nitrogens is 1. The molecular weight excluding hydrogens is 371 g/mol. The first-order chi connectivity index (χ1) is 11.3. The van der Waals surface area contributed by atoms with E-state index < -0.39 is 9.84 Å². The number of hydrogen-bond donors (Lipinski definition) is 0. The van der Waals surface area contributed by atoms with Crippen LogP contribution >= 0.6 is 23.2 Å². The Morgan fingerprint density at radius 1 is 1.29 bits per heavy atom. The Morgan fingerprint density at radius 3 is 2.71 bits per heavy atom. The number of carbonyl (C=O) groups excluding carboxylic acids is 1. The molecule has 0 saturated heterocycles. The summed E-state index contributed by atoms with van der Waals surface area (Å²) in [6, 6.07) is 6.40. The number of carbonyl (C=O) groups is 1. The van der Waals surface area contributed by atoms with Crippen LogP contribution in [-0.4, -0.2) is 32.1 Å². The van der Waals surface area contributed by atoms with Gasteiger partial charge >= 0.3 is 0 Å². The van der Waals surface area contributed by atoms with Crippen LogP contribution in [0, 0.1) is 0 Å². The zero-order chi connectivity index (χ0) is 17.5. The lowest BCUT2D eigenvalue weighted by Gasteiger charge is -2.30. The standard InChI is InChI=1S/C16H14Cl2N2O3S/c1-24(22,23)14-6-2-5-13-11(14)4-3-7-20(13)16(21)15-12(18)8-10(17)9-19-15/h2,5-6,8-9H,3-4,7H2,1H3. The molecule has 5 nitrogen and oxygen atoms in total. The Kier molecular flexibility index (Phi) is 4.55. The summed E-state index contributed by atoms with van der Waals surface area (Å²) in [4.78, 5) is 18.6. The monoisotopic (exact) mass is 384 g/mol. The molecule has 0 N–H and O–H groups in total. The number of halogens is 2. The maximum atomic E-state index is 12.8. The maximum Gasteiger partial charge on any atom is 0.278 e. The van der Waals surface area contributed by atoms with E-state index in [0.29, 0.717) is 35.7 Å². The smallest absolute Gasteiger partial charge is 0.278 e. The van der Waals surface area contributed by atoms with E-state index in [1.807, 2.05) is 0 Å². The van der Waals surface area contributed by atoms with Crippen LogP contribution in [0.25, 0.3) is 0 Å². The zero-order valence-electron chi connectivity index (χ0n) is 12.8. The van der Waals surface area contributed by atoms with Crippen LogP contribution in [0.3, 0.4) is 0 Å². The maximum absolute atomic E-state index is 12.8. The van der Waals surface area contributed by atoms with Crippen LogP contribution in [0.15, 0.2) is 35.4 Å². The molecule has 0 saturated carbocycles. The Morgan fingerprint density at radius 2 is 2.04 bits per heavy atom. The third-order valence-corrected chi connectivity index (χ3v) is 5.54. The van der Waals surface area contributed by atoms with Gasteiger partial charge in [-0.15, -0.1) is 0 Å². The van der Waals surface area contributed by atoms with Crippen molar-refractivity contribution in [2.24, 2.45) is 0 Å². The van der Waals surface area contributed by atoms with Crippen molar-refractivity contribution >= 4 is 44.6 Å². The van der Waals surface area contributed by atoms with E-state index in [4.69, 9.17) is 23.2 Å². The van der Waals surface area contributed by atoms with Gasteiger partial charge in [0.1, 0.15) is 5.69 Å². The van der Waals surface area contributed by atoms with Gasteiger partial charge in [0.25, 0.3) is 5.91 Å². The van der Waals surface area contributed by atoms with Crippen LogP contribution in [0.5, 0.6) is 0 Å². The summed E-state index contributed by atoms with van der Waals surface area (Å²) in [5.41, 5.74) is 1.34. The topological polar surface area (TPSA) is 67.3 Å². The number of fused-ring (bicyclic) bond motifs is 1. The summed E-state index contributed by atoms with van der Waals surface area (Å²) >= 11 is 11.9. The molecule has 126 valence electrons. The van der Waals surface area contributed by atoms with Crippen molar-refractivity contribution in [1.82, 2.24) is 4.98 Å². The fraction of sp³-hybridized carbons (Fsp3) is 0.250. The van der Waals surface area contributed by atoms with Gasteiger partial charge in [0, 0.05) is 24.7 Å². The Labute approximate surface area is 150 Å². The highest BCUT2D eigenvalue weighted by Crippen LogP contribution is 2.33. The summed E-state index contributed by atoms with van der Waals surface area (Å²) in [5.74, 6) is -0.372. The Balaban J connectivity index is 2.09. The minimum atomic E-state index is -3.37. The first kappa shape index (κ1) is 17.2. The second-order valence-electron chi connectivity index (χ2n) is 5.57. The molecule has 1 aromatic heterocycles. The minimum absolute atomic E-state index is 0.0960. The first-order valence-electron chi connectivity index (χ1n) is 7.24. The molecule has 1 aliphatic heterocycles. The number of anilines is 1. The number of benzene rings is 1. The van der Waals surface area contributed by atoms with Gasteiger partial charge in [0.2, 0.25) is 0 Å².